The molecule has 36 heavy (non-hydrogen) atoms. The molecule has 0 bridgehead atoms. The molecule has 0 heterocycles. The number of phenols is 1. The van der Waals surface area contributed by atoms with Crippen LogP contribution in [0.2, 0.25) is 0 Å². The van der Waals surface area contributed by atoms with Gasteiger partial charge in [-0.05, 0) is 53.6 Å². The van der Waals surface area contributed by atoms with Gasteiger partial charge >= 0.3 is 0 Å². The van der Waals surface area contributed by atoms with Gasteiger partial charge in [-0.1, -0.05) is 24.3 Å². The molecule has 0 saturated heterocycles. The molecule has 188 valence electrons. The molecule has 1 amide bonds. The van der Waals surface area contributed by atoms with Crippen molar-refractivity contribution < 1.29 is 33.6 Å². The summed E-state index contributed by atoms with van der Waals surface area (Å²) in [4.78, 5) is 12.7. The lowest BCUT2D eigenvalue weighted by atomic mass is 10.1. The summed E-state index contributed by atoms with van der Waals surface area (Å²) in [5.41, 5.74) is 2.36. The summed E-state index contributed by atoms with van der Waals surface area (Å²) < 4.78 is 26.5. The first-order valence-corrected chi connectivity index (χ1v) is 10.9. The van der Waals surface area contributed by atoms with Crippen LogP contribution < -0.4 is 29.0 Å². The second kappa shape index (κ2) is 12.2. The summed E-state index contributed by atoms with van der Waals surface area (Å²) in [6.45, 7) is 0. The van der Waals surface area contributed by atoms with Crippen LogP contribution in [0.15, 0.2) is 54.6 Å². The van der Waals surface area contributed by atoms with E-state index in [1.807, 2.05) is 12.1 Å². The molecule has 8 heteroatoms. The SMILES string of the molecule is COc1ccc(/C=C/C(=O)Nc2c(/C=C/c3cc(OC)c(OC)c(OC)c3)ccc(OC)c2O)cc1. The van der Waals surface area contributed by atoms with Crippen LogP contribution in [0.25, 0.3) is 18.2 Å². The average molecular weight is 492 g/mol. The van der Waals surface area contributed by atoms with E-state index in [4.69, 9.17) is 23.7 Å². The highest BCUT2D eigenvalue weighted by Gasteiger charge is 2.15. The summed E-state index contributed by atoms with van der Waals surface area (Å²) in [6.07, 6.45) is 6.60. The molecule has 8 nitrogen and oxygen atoms in total. The molecule has 0 atom stereocenters. The Morgan fingerprint density at radius 1 is 0.722 bits per heavy atom. The van der Waals surface area contributed by atoms with Gasteiger partial charge in [0, 0.05) is 11.6 Å². The number of benzene rings is 3. The second-order valence-corrected chi connectivity index (χ2v) is 7.47. The van der Waals surface area contributed by atoms with E-state index < -0.39 is 5.91 Å². The van der Waals surface area contributed by atoms with Gasteiger partial charge in [0.1, 0.15) is 5.75 Å². The summed E-state index contributed by atoms with van der Waals surface area (Å²) in [5, 5.41) is 13.5. The van der Waals surface area contributed by atoms with Crippen molar-refractivity contribution in [2.45, 2.75) is 0 Å². The monoisotopic (exact) mass is 491 g/mol. The number of anilines is 1. The lowest BCUT2D eigenvalue weighted by molar-refractivity contribution is -0.111. The molecule has 0 aromatic heterocycles. The highest BCUT2D eigenvalue weighted by molar-refractivity contribution is 6.04. The van der Waals surface area contributed by atoms with Gasteiger partial charge in [-0.15, -0.1) is 0 Å². The molecular weight excluding hydrogens is 462 g/mol. The van der Waals surface area contributed by atoms with Crippen molar-refractivity contribution in [3.05, 3.63) is 71.3 Å². The van der Waals surface area contributed by atoms with Crippen molar-refractivity contribution in [2.24, 2.45) is 0 Å². The minimum atomic E-state index is -0.420. The first-order valence-electron chi connectivity index (χ1n) is 10.9. The van der Waals surface area contributed by atoms with Crippen molar-refractivity contribution >= 4 is 29.8 Å². The van der Waals surface area contributed by atoms with E-state index in [2.05, 4.69) is 5.32 Å². The Balaban J connectivity index is 1.90. The van der Waals surface area contributed by atoms with Crippen LogP contribution in [0, 0.1) is 0 Å². The third-order valence-electron chi connectivity index (χ3n) is 5.33. The maximum Gasteiger partial charge on any atom is 0.248 e. The van der Waals surface area contributed by atoms with E-state index in [9.17, 15) is 9.90 Å². The highest BCUT2D eigenvalue weighted by atomic mass is 16.5. The fourth-order valence-corrected chi connectivity index (χ4v) is 3.46. The smallest absolute Gasteiger partial charge is 0.248 e. The Kier molecular flexibility index (Phi) is 8.83. The lowest BCUT2D eigenvalue weighted by Gasteiger charge is -2.14. The number of rotatable bonds is 10. The topological polar surface area (TPSA) is 95.5 Å². The van der Waals surface area contributed by atoms with Gasteiger partial charge in [0.25, 0.3) is 0 Å². The molecule has 0 radical (unpaired) electrons. The Labute approximate surface area is 210 Å². The molecule has 0 unspecified atom stereocenters. The highest BCUT2D eigenvalue weighted by Crippen LogP contribution is 2.40. The number of aromatic hydroxyl groups is 1. The molecule has 0 aliphatic carbocycles. The molecular formula is C28H29NO7. The van der Waals surface area contributed by atoms with E-state index in [-0.39, 0.29) is 17.2 Å². The molecule has 0 aliphatic heterocycles. The van der Waals surface area contributed by atoms with Gasteiger partial charge < -0.3 is 34.1 Å². The maximum absolute atomic E-state index is 12.7. The number of hydrogen-bond donors (Lipinski definition) is 2. The van der Waals surface area contributed by atoms with Crippen molar-refractivity contribution in [1.29, 1.82) is 0 Å². The van der Waals surface area contributed by atoms with Crippen LogP contribution in [-0.2, 0) is 4.79 Å². The average Bonchev–Trinajstić information content (AvgIpc) is 2.91. The van der Waals surface area contributed by atoms with Gasteiger partial charge in [0.2, 0.25) is 11.7 Å². The first kappa shape index (κ1) is 26.0. The number of carbonyl (C=O) groups is 1. The maximum atomic E-state index is 12.7. The minimum Gasteiger partial charge on any atom is -0.503 e. The van der Waals surface area contributed by atoms with Gasteiger partial charge in [0.05, 0.1) is 41.2 Å². The number of phenolic OH excluding ortho intramolecular Hbond substituents is 1. The molecule has 0 aliphatic rings. The third-order valence-corrected chi connectivity index (χ3v) is 5.33. The Hall–Kier alpha value is -4.59. The zero-order valence-corrected chi connectivity index (χ0v) is 20.8. The van der Waals surface area contributed by atoms with E-state index in [0.29, 0.717) is 22.8 Å². The van der Waals surface area contributed by atoms with E-state index in [1.165, 1.54) is 20.3 Å². The van der Waals surface area contributed by atoms with Crippen LogP contribution in [0.5, 0.6) is 34.5 Å². The third kappa shape index (κ3) is 6.09. The summed E-state index contributed by atoms with van der Waals surface area (Å²) in [7, 11) is 7.65. The summed E-state index contributed by atoms with van der Waals surface area (Å²) in [5.74, 6) is 1.84. The Morgan fingerprint density at radius 3 is 1.92 bits per heavy atom. The van der Waals surface area contributed by atoms with Crippen LogP contribution in [0.4, 0.5) is 5.69 Å². The second-order valence-electron chi connectivity index (χ2n) is 7.47. The predicted molar refractivity (Wildman–Crippen MR) is 140 cm³/mol. The van der Waals surface area contributed by atoms with E-state index in [1.54, 1.807) is 76.0 Å². The fraction of sp³-hybridized carbons (Fsp3) is 0.179. The molecule has 0 spiro atoms. The number of carbonyl (C=O) groups excluding carboxylic acids is 1. The van der Waals surface area contributed by atoms with Crippen LogP contribution in [0.1, 0.15) is 16.7 Å². The van der Waals surface area contributed by atoms with Gasteiger partial charge in [-0.25, -0.2) is 0 Å². The van der Waals surface area contributed by atoms with Crippen LogP contribution in [-0.4, -0.2) is 46.6 Å². The Bertz CT molecular complexity index is 1240. The normalized spacial score (nSPS) is 10.9. The van der Waals surface area contributed by atoms with Crippen LogP contribution >= 0.6 is 0 Å². The van der Waals surface area contributed by atoms with Crippen molar-refractivity contribution in [3.63, 3.8) is 0 Å². The van der Waals surface area contributed by atoms with Gasteiger partial charge in [0.15, 0.2) is 23.0 Å². The van der Waals surface area contributed by atoms with E-state index >= 15 is 0 Å². The predicted octanol–water partition coefficient (Wildman–Crippen LogP) is 5.26. The molecule has 3 rings (SSSR count). The van der Waals surface area contributed by atoms with Crippen molar-refractivity contribution in [3.8, 4) is 34.5 Å². The summed E-state index contributed by atoms with van der Waals surface area (Å²) >= 11 is 0. The van der Waals surface area contributed by atoms with E-state index in [0.717, 1.165) is 16.9 Å². The zero-order valence-electron chi connectivity index (χ0n) is 20.8. The fourth-order valence-electron chi connectivity index (χ4n) is 3.46. The molecule has 0 fully saturated rings. The number of amides is 1. The first-order chi connectivity index (χ1) is 17.4. The molecule has 0 saturated carbocycles. The largest absolute Gasteiger partial charge is 0.503 e. The quantitative estimate of drug-likeness (QED) is 0.227. The minimum absolute atomic E-state index is 0.185. The standard InChI is InChI=1S/C28H29NO7/c1-32-21-12-7-18(8-13-21)9-15-25(30)29-26-20(11-14-22(33-2)27(26)31)10-6-19-16-23(34-3)28(36-5)24(17-19)35-4/h6-17,31H,1-5H3,(H,29,30)/b10-6+,15-9+. The van der Waals surface area contributed by atoms with Crippen molar-refractivity contribution in [2.75, 3.05) is 40.9 Å². The van der Waals surface area contributed by atoms with Gasteiger partial charge in [-0.2, -0.15) is 0 Å². The number of hydrogen-bond acceptors (Lipinski definition) is 7. The number of ether oxygens (including phenoxy) is 5. The Morgan fingerprint density at radius 2 is 1.36 bits per heavy atom. The van der Waals surface area contributed by atoms with Crippen LogP contribution in [0.3, 0.4) is 0 Å². The summed E-state index contributed by atoms with van der Waals surface area (Å²) in [6, 6.07) is 14.2. The lowest BCUT2D eigenvalue weighted by Crippen LogP contribution is -2.09. The van der Waals surface area contributed by atoms with Crippen molar-refractivity contribution in [1.82, 2.24) is 0 Å². The zero-order chi connectivity index (χ0) is 26.1. The van der Waals surface area contributed by atoms with Gasteiger partial charge in [-0.3, -0.25) is 4.79 Å². The molecule has 3 aromatic rings. The number of methoxy groups -OCH3 is 5. The molecule has 3 aromatic carbocycles. The molecule has 2 N–H and O–H groups in total. The number of nitrogens with one attached hydrogen (secondary N) is 1.